The molecule has 0 saturated carbocycles. The molecule has 0 aliphatic rings. The summed E-state index contributed by atoms with van der Waals surface area (Å²) in [7, 11) is 0. The molecule has 62 valence electrons. The van der Waals surface area contributed by atoms with E-state index >= 15 is 0 Å². The van der Waals surface area contributed by atoms with Crippen molar-refractivity contribution in [2.24, 2.45) is 0 Å². The van der Waals surface area contributed by atoms with Gasteiger partial charge in [0.2, 0.25) is 0 Å². The van der Waals surface area contributed by atoms with Crippen molar-refractivity contribution in [3.63, 3.8) is 0 Å². The standard InChI is InChI=1S/C8H12INS/c1-5-6(9)11-7(10-5)8(2,3)4/h1-4H3. The smallest absolute Gasteiger partial charge is 0.0992 e. The van der Waals surface area contributed by atoms with Crippen LogP contribution in [-0.4, -0.2) is 4.98 Å². The second-order valence-corrected chi connectivity index (χ2v) is 6.44. The van der Waals surface area contributed by atoms with Gasteiger partial charge in [0.15, 0.2) is 0 Å². The van der Waals surface area contributed by atoms with Gasteiger partial charge in [-0.3, -0.25) is 0 Å². The summed E-state index contributed by atoms with van der Waals surface area (Å²) in [6.45, 7) is 8.65. The van der Waals surface area contributed by atoms with Gasteiger partial charge in [0.25, 0.3) is 0 Å². The molecule has 1 rings (SSSR count). The van der Waals surface area contributed by atoms with E-state index in [2.05, 4.69) is 55.3 Å². The molecule has 0 aromatic carbocycles. The Morgan fingerprint density at radius 2 is 1.91 bits per heavy atom. The largest absolute Gasteiger partial charge is 0.245 e. The van der Waals surface area contributed by atoms with Crippen LogP contribution in [0.4, 0.5) is 0 Å². The first-order valence-corrected chi connectivity index (χ1v) is 5.44. The van der Waals surface area contributed by atoms with Crippen molar-refractivity contribution in [2.45, 2.75) is 33.1 Å². The van der Waals surface area contributed by atoms with E-state index in [1.54, 1.807) is 11.3 Å². The van der Waals surface area contributed by atoms with Crippen LogP contribution in [0.25, 0.3) is 0 Å². The Balaban J connectivity index is 3.08. The van der Waals surface area contributed by atoms with Crippen molar-refractivity contribution in [2.75, 3.05) is 0 Å². The van der Waals surface area contributed by atoms with Crippen LogP contribution in [-0.2, 0) is 5.41 Å². The van der Waals surface area contributed by atoms with E-state index < -0.39 is 0 Å². The predicted molar refractivity (Wildman–Crippen MR) is 58.3 cm³/mol. The first kappa shape index (κ1) is 9.45. The minimum Gasteiger partial charge on any atom is -0.245 e. The van der Waals surface area contributed by atoms with Crippen LogP contribution in [0.3, 0.4) is 0 Å². The van der Waals surface area contributed by atoms with E-state index in [-0.39, 0.29) is 5.41 Å². The highest BCUT2D eigenvalue weighted by atomic mass is 127. The molecule has 0 aliphatic heterocycles. The lowest BCUT2D eigenvalue weighted by Crippen LogP contribution is -2.10. The number of hydrogen-bond donors (Lipinski definition) is 0. The number of nitrogens with zero attached hydrogens (tertiary/aromatic N) is 1. The van der Waals surface area contributed by atoms with Gasteiger partial charge in [-0.25, -0.2) is 4.98 Å². The number of hydrogen-bond acceptors (Lipinski definition) is 2. The van der Waals surface area contributed by atoms with Gasteiger partial charge < -0.3 is 0 Å². The van der Waals surface area contributed by atoms with Crippen LogP contribution in [0.15, 0.2) is 0 Å². The van der Waals surface area contributed by atoms with Gasteiger partial charge in [0.05, 0.1) is 13.6 Å². The van der Waals surface area contributed by atoms with E-state index in [0.29, 0.717) is 0 Å². The molecular formula is C8H12INS. The highest BCUT2D eigenvalue weighted by Gasteiger charge is 2.18. The third kappa shape index (κ3) is 2.15. The van der Waals surface area contributed by atoms with Crippen molar-refractivity contribution in [3.05, 3.63) is 13.6 Å². The fourth-order valence-corrected chi connectivity index (χ4v) is 2.30. The maximum Gasteiger partial charge on any atom is 0.0992 e. The Hall–Kier alpha value is 0.360. The molecule has 0 fully saturated rings. The molecule has 0 atom stereocenters. The van der Waals surface area contributed by atoms with E-state index in [0.717, 1.165) is 0 Å². The van der Waals surface area contributed by atoms with E-state index in [1.807, 2.05) is 0 Å². The topological polar surface area (TPSA) is 12.9 Å². The summed E-state index contributed by atoms with van der Waals surface area (Å²) < 4.78 is 1.31. The van der Waals surface area contributed by atoms with Gasteiger partial charge in [0, 0.05) is 5.41 Å². The Morgan fingerprint density at radius 1 is 1.36 bits per heavy atom. The Labute approximate surface area is 85.4 Å². The van der Waals surface area contributed by atoms with E-state index in [9.17, 15) is 0 Å². The van der Waals surface area contributed by atoms with Crippen molar-refractivity contribution >= 4 is 33.9 Å². The number of rotatable bonds is 0. The van der Waals surface area contributed by atoms with Gasteiger partial charge in [-0.15, -0.1) is 11.3 Å². The second kappa shape index (κ2) is 3.01. The molecule has 1 aromatic heterocycles. The normalized spacial score (nSPS) is 12.1. The fourth-order valence-electron chi connectivity index (χ4n) is 0.699. The quantitative estimate of drug-likeness (QED) is 0.664. The molecule has 0 saturated heterocycles. The van der Waals surface area contributed by atoms with Crippen LogP contribution >= 0.6 is 33.9 Å². The first-order valence-electron chi connectivity index (χ1n) is 3.54. The van der Waals surface area contributed by atoms with Crippen molar-refractivity contribution < 1.29 is 0 Å². The zero-order chi connectivity index (χ0) is 8.65. The molecule has 1 nitrogen and oxygen atoms in total. The molecule has 11 heavy (non-hydrogen) atoms. The molecule has 1 aromatic rings. The minimum atomic E-state index is 0.207. The third-order valence-electron chi connectivity index (χ3n) is 1.38. The number of aromatic nitrogens is 1. The molecular weight excluding hydrogens is 269 g/mol. The number of halogens is 1. The van der Waals surface area contributed by atoms with Crippen LogP contribution in [0, 0.1) is 9.81 Å². The van der Waals surface area contributed by atoms with Gasteiger partial charge in [-0.2, -0.15) is 0 Å². The highest BCUT2D eigenvalue weighted by Crippen LogP contribution is 2.29. The summed E-state index contributed by atoms with van der Waals surface area (Å²) in [5.41, 5.74) is 1.37. The molecule has 0 spiro atoms. The molecule has 1 heterocycles. The van der Waals surface area contributed by atoms with E-state index in [4.69, 9.17) is 0 Å². The van der Waals surface area contributed by atoms with Gasteiger partial charge in [-0.05, 0) is 29.5 Å². The van der Waals surface area contributed by atoms with Gasteiger partial charge in [0.1, 0.15) is 0 Å². The summed E-state index contributed by atoms with van der Waals surface area (Å²) in [5.74, 6) is 0. The molecule has 3 heteroatoms. The average Bonchev–Trinajstić information content (AvgIpc) is 2.11. The molecule has 0 bridgehead atoms. The monoisotopic (exact) mass is 281 g/mol. The summed E-state index contributed by atoms with van der Waals surface area (Å²) in [6.07, 6.45) is 0. The SMILES string of the molecule is Cc1nc(C(C)(C)C)sc1I. The van der Waals surface area contributed by atoms with Crippen molar-refractivity contribution in [3.8, 4) is 0 Å². The number of thiazole rings is 1. The zero-order valence-electron chi connectivity index (χ0n) is 7.23. The van der Waals surface area contributed by atoms with Crippen molar-refractivity contribution in [1.82, 2.24) is 4.98 Å². The van der Waals surface area contributed by atoms with Crippen LogP contribution in [0.2, 0.25) is 0 Å². The lowest BCUT2D eigenvalue weighted by atomic mass is 9.98. The Morgan fingerprint density at radius 3 is 2.09 bits per heavy atom. The lowest BCUT2D eigenvalue weighted by Gasteiger charge is -2.13. The Bertz CT molecular complexity index is 240. The van der Waals surface area contributed by atoms with Gasteiger partial charge in [-0.1, -0.05) is 20.8 Å². The van der Waals surface area contributed by atoms with Crippen LogP contribution in [0.1, 0.15) is 31.5 Å². The van der Waals surface area contributed by atoms with Crippen molar-refractivity contribution in [1.29, 1.82) is 0 Å². The molecule has 0 unspecified atom stereocenters. The van der Waals surface area contributed by atoms with Crippen LogP contribution in [0.5, 0.6) is 0 Å². The van der Waals surface area contributed by atoms with E-state index in [1.165, 1.54) is 13.6 Å². The molecule has 0 aliphatic carbocycles. The predicted octanol–water partition coefficient (Wildman–Crippen LogP) is 3.35. The first-order chi connectivity index (χ1) is 4.91. The molecule has 0 N–H and O–H groups in total. The molecule has 0 radical (unpaired) electrons. The summed E-state index contributed by atoms with van der Waals surface area (Å²) in [6, 6.07) is 0. The zero-order valence-corrected chi connectivity index (χ0v) is 10.2. The summed E-state index contributed by atoms with van der Waals surface area (Å²) >= 11 is 4.14. The summed E-state index contributed by atoms with van der Waals surface area (Å²) in [4.78, 5) is 4.49. The third-order valence-corrected chi connectivity index (χ3v) is 4.19. The fraction of sp³-hybridized carbons (Fsp3) is 0.625. The van der Waals surface area contributed by atoms with Gasteiger partial charge >= 0.3 is 0 Å². The number of aryl methyl sites for hydroxylation is 1. The summed E-state index contributed by atoms with van der Waals surface area (Å²) in [5, 5.41) is 1.24. The minimum absolute atomic E-state index is 0.207. The lowest BCUT2D eigenvalue weighted by molar-refractivity contribution is 0.584. The Kier molecular flexibility index (Phi) is 2.59. The average molecular weight is 281 g/mol. The second-order valence-electron chi connectivity index (χ2n) is 3.63. The molecule has 0 amide bonds. The van der Waals surface area contributed by atoms with Crippen LogP contribution < -0.4 is 0 Å². The maximum absolute atomic E-state index is 4.49. The maximum atomic E-state index is 4.49. The highest BCUT2D eigenvalue weighted by molar-refractivity contribution is 14.1.